The zero-order valence-corrected chi connectivity index (χ0v) is 22.8. The number of hydrogen-bond acceptors (Lipinski definition) is 3. The molecule has 1 aliphatic heterocycles. The first kappa shape index (κ1) is 24.3. The monoisotopic (exact) mass is 518 g/mol. The Morgan fingerprint density at radius 1 is 0.550 bits per heavy atom. The Kier molecular flexibility index (Phi) is 5.93. The Hall–Kier alpha value is -4.76. The molecule has 3 nitrogen and oxygen atoms in total. The lowest BCUT2D eigenvalue weighted by Crippen LogP contribution is -2.30. The Labute approximate surface area is 235 Å². The van der Waals surface area contributed by atoms with Crippen molar-refractivity contribution >= 4 is 10.9 Å². The molecule has 40 heavy (non-hydrogen) atoms. The third kappa shape index (κ3) is 3.89. The fourth-order valence-corrected chi connectivity index (χ4v) is 6.23. The predicted octanol–water partition coefficient (Wildman–Crippen LogP) is 9.84. The van der Waals surface area contributed by atoms with Gasteiger partial charge < -0.3 is 4.74 Å². The van der Waals surface area contributed by atoms with E-state index in [4.69, 9.17) is 14.7 Å². The summed E-state index contributed by atoms with van der Waals surface area (Å²) in [5, 5.41) is 1.06. The maximum atomic E-state index is 6.37. The molecule has 0 bridgehead atoms. The molecule has 194 valence electrons. The number of rotatable bonds is 5. The molecule has 3 heteroatoms. The molecule has 2 heterocycles. The van der Waals surface area contributed by atoms with E-state index in [2.05, 4.69) is 117 Å². The van der Waals surface area contributed by atoms with Crippen LogP contribution < -0.4 is 4.74 Å². The van der Waals surface area contributed by atoms with Gasteiger partial charge in [0.2, 0.25) is 0 Å². The van der Waals surface area contributed by atoms with E-state index in [0.717, 1.165) is 63.5 Å². The largest absolute Gasteiger partial charge is 0.457 e. The Bertz CT molecular complexity index is 1840. The topological polar surface area (TPSA) is 35.0 Å². The molecular weight excluding hydrogens is 488 g/mol. The van der Waals surface area contributed by atoms with Crippen molar-refractivity contribution in [1.29, 1.82) is 0 Å². The second kappa shape index (κ2) is 9.77. The fourth-order valence-electron chi connectivity index (χ4n) is 6.23. The summed E-state index contributed by atoms with van der Waals surface area (Å²) in [4.78, 5) is 9.96. The van der Waals surface area contributed by atoms with Crippen LogP contribution in [0, 0.1) is 0 Å². The highest BCUT2D eigenvalue weighted by Crippen LogP contribution is 2.52. The lowest BCUT2D eigenvalue weighted by molar-refractivity contribution is 0.375. The molecule has 0 aliphatic carbocycles. The van der Waals surface area contributed by atoms with Crippen LogP contribution in [-0.2, 0) is 5.41 Å². The molecule has 6 aromatic rings. The SMILES string of the molecule is CCC1(CC)c2ccccc2Oc2ccc(-c3ccc(-c4nc(-c5ccccc5)c5ccccc5n4)cc3)cc21. The summed E-state index contributed by atoms with van der Waals surface area (Å²) in [5.74, 6) is 2.66. The van der Waals surface area contributed by atoms with E-state index in [0.29, 0.717) is 0 Å². The van der Waals surface area contributed by atoms with Crippen molar-refractivity contribution in [1.82, 2.24) is 9.97 Å². The van der Waals surface area contributed by atoms with Crippen molar-refractivity contribution in [3.05, 3.63) is 132 Å². The van der Waals surface area contributed by atoms with E-state index in [-0.39, 0.29) is 5.41 Å². The number of ether oxygens (including phenoxy) is 1. The normalized spacial score (nSPS) is 13.3. The minimum absolute atomic E-state index is 0.0626. The van der Waals surface area contributed by atoms with Crippen molar-refractivity contribution in [2.24, 2.45) is 0 Å². The summed E-state index contributed by atoms with van der Waals surface area (Å²) < 4.78 is 6.37. The molecule has 1 aliphatic rings. The number of hydrogen-bond donors (Lipinski definition) is 0. The Morgan fingerprint density at radius 2 is 1.20 bits per heavy atom. The van der Waals surface area contributed by atoms with Crippen molar-refractivity contribution in [2.45, 2.75) is 32.1 Å². The van der Waals surface area contributed by atoms with Gasteiger partial charge in [-0.15, -0.1) is 0 Å². The van der Waals surface area contributed by atoms with E-state index in [1.54, 1.807) is 0 Å². The summed E-state index contributed by atoms with van der Waals surface area (Å²) in [7, 11) is 0. The van der Waals surface area contributed by atoms with Crippen LogP contribution in [0.1, 0.15) is 37.8 Å². The maximum absolute atomic E-state index is 6.37. The third-order valence-electron chi connectivity index (χ3n) is 8.45. The first-order valence-electron chi connectivity index (χ1n) is 14.0. The van der Waals surface area contributed by atoms with E-state index in [1.807, 2.05) is 18.2 Å². The average Bonchev–Trinajstić information content (AvgIpc) is 3.03. The fraction of sp³-hybridized carbons (Fsp3) is 0.135. The minimum Gasteiger partial charge on any atom is -0.457 e. The lowest BCUT2D eigenvalue weighted by atomic mass is 9.68. The quantitative estimate of drug-likeness (QED) is 0.228. The van der Waals surface area contributed by atoms with Gasteiger partial charge in [0.05, 0.1) is 11.2 Å². The number of fused-ring (bicyclic) bond motifs is 3. The van der Waals surface area contributed by atoms with Gasteiger partial charge >= 0.3 is 0 Å². The first-order chi connectivity index (χ1) is 19.7. The second-order valence-electron chi connectivity index (χ2n) is 10.5. The molecule has 0 radical (unpaired) electrons. The van der Waals surface area contributed by atoms with Gasteiger partial charge in [-0.2, -0.15) is 0 Å². The highest BCUT2D eigenvalue weighted by atomic mass is 16.5. The van der Waals surface area contributed by atoms with Crippen LogP contribution in [-0.4, -0.2) is 9.97 Å². The first-order valence-corrected chi connectivity index (χ1v) is 14.0. The van der Waals surface area contributed by atoms with E-state index < -0.39 is 0 Å². The standard InChI is InChI=1S/C37H30N2O/c1-3-37(4-2)30-15-9-11-17-33(30)40-34-23-22-28(24-31(34)37)25-18-20-27(21-19-25)36-38-32-16-10-8-14-29(32)35(39-36)26-12-6-5-7-13-26/h5-24H,3-4H2,1-2H3. The Morgan fingerprint density at radius 3 is 2.00 bits per heavy atom. The van der Waals surface area contributed by atoms with Crippen molar-refractivity contribution in [2.75, 3.05) is 0 Å². The van der Waals surface area contributed by atoms with Gasteiger partial charge in [-0.1, -0.05) is 111 Å². The summed E-state index contributed by atoms with van der Waals surface area (Å²) >= 11 is 0. The van der Waals surface area contributed by atoms with Crippen molar-refractivity contribution in [3.63, 3.8) is 0 Å². The molecule has 7 rings (SSSR count). The van der Waals surface area contributed by atoms with Gasteiger partial charge in [0, 0.05) is 33.1 Å². The molecule has 0 N–H and O–H groups in total. The van der Waals surface area contributed by atoms with Crippen LogP contribution in [0.25, 0.3) is 44.7 Å². The average molecular weight is 519 g/mol. The molecule has 1 aromatic heterocycles. The molecule has 0 saturated carbocycles. The maximum Gasteiger partial charge on any atom is 0.160 e. The summed E-state index contributed by atoms with van der Waals surface area (Å²) in [6.07, 6.45) is 2.03. The van der Waals surface area contributed by atoms with Gasteiger partial charge in [-0.05, 0) is 48.2 Å². The minimum atomic E-state index is -0.0626. The zero-order valence-electron chi connectivity index (χ0n) is 22.8. The molecule has 0 unspecified atom stereocenters. The molecule has 5 aromatic carbocycles. The van der Waals surface area contributed by atoms with Crippen LogP contribution in [0.2, 0.25) is 0 Å². The van der Waals surface area contributed by atoms with E-state index in [9.17, 15) is 0 Å². The van der Waals surface area contributed by atoms with Gasteiger partial charge in [-0.25, -0.2) is 9.97 Å². The zero-order chi connectivity index (χ0) is 27.1. The third-order valence-corrected chi connectivity index (χ3v) is 8.45. The van der Waals surface area contributed by atoms with Gasteiger partial charge in [-0.3, -0.25) is 0 Å². The van der Waals surface area contributed by atoms with Crippen LogP contribution in [0.15, 0.2) is 121 Å². The van der Waals surface area contributed by atoms with Crippen molar-refractivity contribution < 1.29 is 4.74 Å². The molecule has 0 fully saturated rings. The summed E-state index contributed by atoms with van der Waals surface area (Å²) in [6.45, 7) is 4.56. The number of benzene rings is 5. The van der Waals surface area contributed by atoms with Gasteiger partial charge in [0.25, 0.3) is 0 Å². The molecular formula is C37H30N2O. The lowest BCUT2D eigenvalue weighted by Gasteiger charge is -2.39. The van der Waals surface area contributed by atoms with Crippen LogP contribution >= 0.6 is 0 Å². The summed E-state index contributed by atoms with van der Waals surface area (Å²) in [6, 6.07) is 42.3. The van der Waals surface area contributed by atoms with E-state index in [1.165, 1.54) is 16.7 Å². The van der Waals surface area contributed by atoms with Gasteiger partial charge in [0.15, 0.2) is 5.82 Å². The molecule has 0 spiro atoms. The molecule has 0 saturated heterocycles. The summed E-state index contributed by atoms with van der Waals surface area (Å²) in [5.41, 5.74) is 8.82. The number of nitrogens with zero attached hydrogens (tertiary/aromatic N) is 2. The number of aromatic nitrogens is 2. The molecule has 0 amide bonds. The van der Waals surface area contributed by atoms with Gasteiger partial charge in [0.1, 0.15) is 11.5 Å². The Balaban J connectivity index is 1.29. The van der Waals surface area contributed by atoms with Crippen LogP contribution in [0.4, 0.5) is 0 Å². The highest BCUT2D eigenvalue weighted by Gasteiger charge is 2.39. The van der Waals surface area contributed by atoms with Crippen molar-refractivity contribution in [3.8, 4) is 45.3 Å². The predicted molar refractivity (Wildman–Crippen MR) is 164 cm³/mol. The van der Waals surface area contributed by atoms with E-state index >= 15 is 0 Å². The smallest absolute Gasteiger partial charge is 0.160 e. The second-order valence-corrected chi connectivity index (χ2v) is 10.5. The highest BCUT2D eigenvalue weighted by molar-refractivity contribution is 5.93. The van der Waals surface area contributed by atoms with Crippen LogP contribution in [0.5, 0.6) is 11.5 Å². The van der Waals surface area contributed by atoms with Crippen LogP contribution in [0.3, 0.4) is 0 Å². The number of para-hydroxylation sites is 2. The molecule has 0 atom stereocenters.